The number of nitro groups is 1. The molecule has 1 heterocycles. The van der Waals surface area contributed by atoms with Crippen LogP contribution in [0.2, 0.25) is 0 Å². The van der Waals surface area contributed by atoms with E-state index in [0.717, 1.165) is 5.56 Å². The van der Waals surface area contributed by atoms with Crippen molar-refractivity contribution in [2.45, 2.75) is 19.7 Å². The first kappa shape index (κ1) is 14.2. The second-order valence-corrected chi connectivity index (χ2v) is 4.54. The lowest BCUT2D eigenvalue weighted by Gasteiger charge is -2.08. The molecule has 104 valence electrons. The van der Waals surface area contributed by atoms with Crippen molar-refractivity contribution >= 4 is 17.3 Å². The summed E-state index contributed by atoms with van der Waals surface area (Å²) in [5, 5.41) is 10.8. The highest BCUT2D eigenvalue weighted by Crippen LogP contribution is 2.29. The highest BCUT2D eigenvalue weighted by Gasteiger charge is 2.15. The van der Waals surface area contributed by atoms with Gasteiger partial charge >= 0.3 is 6.01 Å². The minimum atomic E-state index is -0.419. The molecule has 2 rings (SSSR count). The van der Waals surface area contributed by atoms with Crippen molar-refractivity contribution in [3.63, 3.8) is 0 Å². The summed E-state index contributed by atoms with van der Waals surface area (Å²) in [6.45, 7) is 3.39. The number of nitro benzene ring substituents is 1. The smallest absolute Gasteiger partial charge is 0.321 e. The van der Waals surface area contributed by atoms with Crippen molar-refractivity contribution in [2.75, 3.05) is 0 Å². The number of alkyl halides is 1. The number of hydrogen-bond acceptors (Lipinski definition) is 5. The third-order valence-electron chi connectivity index (χ3n) is 2.73. The zero-order chi connectivity index (χ0) is 14.7. The summed E-state index contributed by atoms with van der Waals surface area (Å²) in [5.74, 6) is 0.822. The van der Waals surface area contributed by atoms with Crippen molar-refractivity contribution < 1.29 is 9.66 Å². The molecular formula is C13H12ClN3O3. The van der Waals surface area contributed by atoms with Crippen LogP contribution in [0.15, 0.2) is 24.5 Å². The summed E-state index contributed by atoms with van der Waals surface area (Å²) >= 11 is 5.65. The fourth-order valence-electron chi connectivity index (χ4n) is 1.64. The number of hydrogen-bond donors (Lipinski definition) is 0. The molecule has 0 unspecified atom stereocenters. The van der Waals surface area contributed by atoms with Crippen molar-refractivity contribution in [1.82, 2.24) is 9.97 Å². The number of rotatable bonds is 4. The van der Waals surface area contributed by atoms with Crippen molar-refractivity contribution in [3.05, 3.63) is 51.3 Å². The van der Waals surface area contributed by atoms with Crippen LogP contribution in [-0.4, -0.2) is 14.9 Å². The molecule has 0 bridgehead atoms. The minimum Gasteiger partial charge on any atom is -0.424 e. The average molecular weight is 294 g/mol. The lowest BCUT2D eigenvalue weighted by molar-refractivity contribution is -0.385. The summed E-state index contributed by atoms with van der Waals surface area (Å²) in [4.78, 5) is 18.5. The lowest BCUT2D eigenvalue weighted by Crippen LogP contribution is -1.97. The Labute approximate surface area is 120 Å². The van der Waals surface area contributed by atoms with Crippen LogP contribution < -0.4 is 4.74 Å². The molecule has 0 atom stereocenters. The Kier molecular flexibility index (Phi) is 4.14. The number of nitrogens with zero attached hydrogens (tertiary/aromatic N) is 3. The summed E-state index contributed by atoms with van der Waals surface area (Å²) in [7, 11) is 0. The van der Waals surface area contributed by atoms with Gasteiger partial charge in [0.2, 0.25) is 0 Å². The van der Waals surface area contributed by atoms with Gasteiger partial charge in [0.1, 0.15) is 5.75 Å². The first-order valence-corrected chi connectivity index (χ1v) is 6.35. The van der Waals surface area contributed by atoms with Gasteiger partial charge in [-0.1, -0.05) is 0 Å². The van der Waals surface area contributed by atoms with Crippen LogP contribution in [0.25, 0.3) is 0 Å². The van der Waals surface area contributed by atoms with Crippen LogP contribution in [0.4, 0.5) is 5.69 Å². The van der Waals surface area contributed by atoms with Crippen LogP contribution in [0, 0.1) is 24.0 Å². The Morgan fingerprint density at radius 1 is 1.25 bits per heavy atom. The van der Waals surface area contributed by atoms with Gasteiger partial charge < -0.3 is 4.74 Å². The number of halogens is 1. The third-order valence-corrected chi connectivity index (χ3v) is 3.04. The Morgan fingerprint density at radius 3 is 2.45 bits per heavy atom. The molecule has 0 radical (unpaired) electrons. The quantitative estimate of drug-likeness (QED) is 0.489. The van der Waals surface area contributed by atoms with E-state index in [9.17, 15) is 10.1 Å². The molecule has 0 aliphatic heterocycles. The van der Waals surface area contributed by atoms with E-state index in [2.05, 4.69) is 9.97 Å². The molecule has 0 N–H and O–H groups in total. The topological polar surface area (TPSA) is 78.2 Å². The Bertz CT molecular complexity index is 644. The van der Waals surface area contributed by atoms with E-state index in [1.54, 1.807) is 32.3 Å². The zero-order valence-corrected chi connectivity index (χ0v) is 11.7. The maximum absolute atomic E-state index is 10.8. The van der Waals surface area contributed by atoms with Gasteiger partial charge in [-0.3, -0.25) is 10.1 Å². The number of aryl methyl sites for hydroxylation is 2. The van der Waals surface area contributed by atoms with E-state index < -0.39 is 4.92 Å². The molecule has 7 heteroatoms. The second kappa shape index (κ2) is 5.83. The fourth-order valence-corrected chi connectivity index (χ4v) is 1.78. The monoisotopic (exact) mass is 293 g/mol. The number of ether oxygens (including phenoxy) is 1. The molecule has 20 heavy (non-hydrogen) atoms. The summed E-state index contributed by atoms with van der Waals surface area (Å²) in [6.07, 6.45) is 3.14. The number of aromatic nitrogens is 2. The van der Waals surface area contributed by atoms with E-state index in [1.807, 2.05) is 0 Å². The maximum Gasteiger partial charge on any atom is 0.321 e. The first-order chi connectivity index (χ1) is 9.51. The molecule has 0 saturated heterocycles. The van der Waals surface area contributed by atoms with E-state index in [-0.39, 0.29) is 11.7 Å². The molecule has 1 aromatic carbocycles. The standard InChI is InChI=1S/C13H12ClN3O3/c1-8-4-12(9(2)3-11(8)17(18)19)20-13-15-6-10(5-14)7-16-13/h3-4,6-7H,5H2,1-2H3. The second-order valence-electron chi connectivity index (χ2n) is 4.27. The molecule has 0 aliphatic carbocycles. The highest BCUT2D eigenvalue weighted by molar-refractivity contribution is 6.17. The molecule has 6 nitrogen and oxygen atoms in total. The van der Waals surface area contributed by atoms with E-state index in [4.69, 9.17) is 16.3 Å². The molecule has 0 spiro atoms. The minimum absolute atomic E-state index is 0.0632. The van der Waals surface area contributed by atoms with Crippen molar-refractivity contribution in [3.8, 4) is 11.8 Å². The van der Waals surface area contributed by atoms with Gasteiger partial charge in [-0.05, 0) is 25.5 Å². The number of benzene rings is 1. The summed E-state index contributed by atoms with van der Waals surface area (Å²) in [5.41, 5.74) is 2.02. The molecule has 0 amide bonds. The Hall–Kier alpha value is -2.21. The Balaban J connectivity index is 2.29. The normalized spacial score (nSPS) is 10.3. The molecule has 2 aromatic rings. The van der Waals surface area contributed by atoms with Crippen molar-refractivity contribution in [2.24, 2.45) is 0 Å². The van der Waals surface area contributed by atoms with Gasteiger partial charge in [-0.15, -0.1) is 11.6 Å². The Morgan fingerprint density at radius 2 is 1.90 bits per heavy atom. The predicted molar refractivity (Wildman–Crippen MR) is 74.2 cm³/mol. The molecule has 0 saturated carbocycles. The van der Waals surface area contributed by atoms with Crippen LogP contribution in [0.3, 0.4) is 0 Å². The SMILES string of the molecule is Cc1cc([N+](=O)[O-])c(C)cc1Oc1ncc(CCl)cn1. The predicted octanol–water partition coefficient (Wildman–Crippen LogP) is 3.53. The van der Waals surface area contributed by atoms with Gasteiger partial charge in [0.15, 0.2) is 0 Å². The molecule has 1 aromatic heterocycles. The van der Waals surface area contributed by atoms with Crippen LogP contribution >= 0.6 is 11.6 Å². The molecule has 0 aliphatic rings. The largest absolute Gasteiger partial charge is 0.424 e. The highest BCUT2D eigenvalue weighted by atomic mass is 35.5. The van der Waals surface area contributed by atoms with Crippen LogP contribution in [0.5, 0.6) is 11.8 Å². The van der Waals surface area contributed by atoms with Crippen LogP contribution in [0.1, 0.15) is 16.7 Å². The third kappa shape index (κ3) is 3.03. The van der Waals surface area contributed by atoms with Gasteiger partial charge in [-0.2, -0.15) is 0 Å². The molecule has 0 fully saturated rings. The van der Waals surface area contributed by atoms with Gasteiger partial charge in [0, 0.05) is 29.6 Å². The van der Waals surface area contributed by atoms with Gasteiger partial charge in [-0.25, -0.2) is 9.97 Å². The average Bonchev–Trinajstić information content (AvgIpc) is 2.43. The first-order valence-electron chi connectivity index (χ1n) is 5.81. The maximum atomic E-state index is 10.8. The summed E-state index contributed by atoms with van der Waals surface area (Å²) in [6, 6.07) is 3.25. The van der Waals surface area contributed by atoms with E-state index in [1.165, 1.54) is 6.07 Å². The summed E-state index contributed by atoms with van der Waals surface area (Å²) < 4.78 is 5.54. The molecular weight excluding hydrogens is 282 g/mol. The van der Waals surface area contributed by atoms with Gasteiger partial charge in [0.25, 0.3) is 5.69 Å². The van der Waals surface area contributed by atoms with Crippen molar-refractivity contribution in [1.29, 1.82) is 0 Å². The lowest BCUT2D eigenvalue weighted by atomic mass is 10.1. The van der Waals surface area contributed by atoms with Crippen LogP contribution in [-0.2, 0) is 5.88 Å². The van der Waals surface area contributed by atoms with E-state index in [0.29, 0.717) is 22.8 Å². The fraction of sp³-hybridized carbons (Fsp3) is 0.231. The van der Waals surface area contributed by atoms with Gasteiger partial charge in [0.05, 0.1) is 10.8 Å². The zero-order valence-electron chi connectivity index (χ0n) is 11.0. The van der Waals surface area contributed by atoms with E-state index >= 15 is 0 Å².